The predicted octanol–water partition coefficient (Wildman–Crippen LogP) is 7.09. The molecule has 0 aromatic rings. The highest BCUT2D eigenvalue weighted by Gasteiger charge is 1.93. The summed E-state index contributed by atoms with van der Waals surface area (Å²) in [5.41, 5.74) is 0. The van der Waals surface area contributed by atoms with Crippen molar-refractivity contribution in [2.45, 2.75) is 103 Å². The molecule has 0 saturated carbocycles. The van der Waals surface area contributed by atoms with E-state index in [4.69, 9.17) is 5.11 Å². The highest BCUT2D eigenvalue weighted by atomic mass is 16.2. The Morgan fingerprint density at radius 3 is 1.30 bits per heavy atom. The monoisotopic (exact) mass is 285 g/mol. The Morgan fingerprint density at radius 2 is 0.950 bits per heavy atom. The fourth-order valence-corrected chi connectivity index (χ4v) is 2.53. The van der Waals surface area contributed by atoms with Gasteiger partial charge in [0, 0.05) is 0 Å². The summed E-state index contributed by atoms with van der Waals surface area (Å²) in [6, 6.07) is 0. The molecule has 2 nitrogen and oxygen atoms in total. The van der Waals surface area contributed by atoms with Crippen LogP contribution >= 0.6 is 0 Å². The van der Waals surface area contributed by atoms with E-state index in [1.54, 1.807) is 0 Å². The van der Waals surface area contributed by atoms with Gasteiger partial charge in [-0.1, -0.05) is 96.5 Å². The second-order valence-electron chi connectivity index (χ2n) is 5.77. The lowest BCUT2D eigenvalue weighted by atomic mass is 10.0. The van der Waals surface area contributed by atoms with Gasteiger partial charge in [-0.05, 0) is 12.8 Å². The lowest BCUT2D eigenvalue weighted by Crippen LogP contribution is -1.83. The van der Waals surface area contributed by atoms with Crippen LogP contribution in [0.4, 0.5) is 0 Å². The van der Waals surface area contributed by atoms with Crippen LogP contribution in [0.25, 0.3) is 0 Å². The fraction of sp³-hybridized carbons (Fsp3) is 0.889. The molecule has 122 valence electrons. The van der Waals surface area contributed by atoms with Crippen LogP contribution in [0.1, 0.15) is 103 Å². The first kappa shape index (κ1) is 21.8. The van der Waals surface area contributed by atoms with Gasteiger partial charge in [0.1, 0.15) is 0 Å². The van der Waals surface area contributed by atoms with Gasteiger partial charge in [0.2, 0.25) is 0 Å². The van der Waals surface area contributed by atoms with Gasteiger partial charge >= 0.3 is 0 Å². The van der Waals surface area contributed by atoms with Crippen molar-refractivity contribution in [2.75, 3.05) is 0 Å². The van der Waals surface area contributed by atoms with Gasteiger partial charge in [0.15, 0.2) is 0 Å². The van der Waals surface area contributed by atoms with Crippen molar-refractivity contribution in [3.05, 3.63) is 12.3 Å². The van der Waals surface area contributed by atoms with Crippen molar-refractivity contribution in [3.63, 3.8) is 0 Å². The zero-order valence-electron chi connectivity index (χ0n) is 13.9. The molecule has 20 heavy (non-hydrogen) atoms. The summed E-state index contributed by atoms with van der Waals surface area (Å²) in [6.45, 7) is 2.28. The highest BCUT2D eigenvalue weighted by molar-refractivity contribution is 4.70. The molecule has 2 heteroatoms. The Balaban J connectivity index is 0. The standard InChI is InChI=1S/C18H36O.H3N/c1-2-3-4-5-6-7-8-9-10-11-12-13-14-15-16-17-18-19;/h17-19H,2-16H2,1H3;1H3/b18-17+;. The average molecular weight is 286 g/mol. The summed E-state index contributed by atoms with van der Waals surface area (Å²) in [5.74, 6) is 0. The van der Waals surface area contributed by atoms with Gasteiger partial charge in [0.25, 0.3) is 0 Å². The molecule has 0 unspecified atom stereocenters. The largest absolute Gasteiger partial charge is 0.516 e. The van der Waals surface area contributed by atoms with Gasteiger partial charge in [-0.2, -0.15) is 0 Å². The highest BCUT2D eigenvalue weighted by Crippen LogP contribution is 2.13. The maximum atomic E-state index is 8.49. The van der Waals surface area contributed by atoms with Crippen molar-refractivity contribution in [3.8, 4) is 0 Å². The Bertz CT molecular complexity index is 180. The van der Waals surface area contributed by atoms with Crippen molar-refractivity contribution in [2.24, 2.45) is 0 Å². The second-order valence-corrected chi connectivity index (χ2v) is 5.77. The molecule has 0 aliphatic rings. The molecular formula is C18H39NO. The van der Waals surface area contributed by atoms with Gasteiger partial charge < -0.3 is 11.3 Å². The topological polar surface area (TPSA) is 55.2 Å². The van der Waals surface area contributed by atoms with Crippen molar-refractivity contribution in [1.82, 2.24) is 6.15 Å². The average Bonchev–Trinajstić information content (AvgIpc) is 2.43. The number of unbranched alkanes of at least 4 members (excludes halogenated alkanes) is 14. The first-order chi connectivity index (χ1) is 9.41. The van der Waals surface area contributed by atoms with Gasteiger partial charge in [-0.15, -0.1) is 0 Å². The van der Waals surface area contributed by atoms with E-state index in [1.807, 2.05) is 6.08 Å². The number of hydrogen-bond donors (Lipinski definition) is 2. The van der Waals surface area contributed by atoms with Gasteiger partial charge in [-0.3, -0.25) is 0 Å². The minimum Gasteiger partial charge on any atom is -0.516 e. The summed E-state index contributed by atoms with van der Waals surface area (Å²) < 4.78 is 0. The molecule has 0 aromatic heterocycles. The maximum Gasteiger partial charge on any atom is 0.0751 e. The molecule has 0 fully saturated rings. The number of aliphatic hydroxyl groups excluding tert-OH is 1. The third-order valence-corrected chi connectivity index (χ3v) is 3.83. The summed E-state index contributed by atoms with van der Waals surface area (Å²) in [7, 11) is 0. The molecule has 0 radical (unpaired) electrons. The van der Waals surface area contributed by atoms with E-state index >= 15 is 0 Å². The normalized spacial score (nSPS) is 10.8. The van der Waals surface area contributed by atoms with Crippen LogP contribution < -0.4 is 6.15 Å². The van der Waals surface area contributed by atoms with E-state index in [-0.39, 0.29) is 6.15 Å². The van der Waals surface area contributed by atoms with Crippen LogP contribution in [0.2, 0.25) is 0 Å². The number of allylic oxidation sites excluding steroid dienone is 1. The number of aliphatic hydroxyl groups is 1. The first-order valence-corrected chi connectivity index (χ1v) is 8.71. The molecule has 0 aliphatic carbocycles. The predicted molar refractivity (Wildman–Crippen MR) is 91.7 cm³/mol. The molecule has 0 aliphatic heterocycles. The van der Waals surface area contributed by atoms with Gasteiger partial charge in [0.05, 0.1) is 6.26 Å². The van der Waals surface area contributed by atoms with E-state index < -0.39 is 0 Å². The summed E-state index contributed by atoms with van der Waals surface area (Å²) in [4.78, 5) is 0. The maximum absolute atomic E-state index is 8.49. The molecule has 4 N–H and O–H groups in total. The quantitative estimate of drug-likeness (QED) is 0.249. The summed E-state index contributed by atoms with van der Waals surface area (Å²) in [6.07, 6.45) is 23.7. The molecular weight excluding hydrogens is 246 g/mol. The van der Waals surface area contributed by atoms with Crippen LogP contribution in [0, 0.1) is 0 Å². The van der Waals surface area contributed by atoms with E-state index in [0.717, 1.165) is 6.42 Å². The van der Waals surface area contributed by atoms with Crippen molar-refractivity contribution in [1.29, 1.82) is 0 Å². The van der Waals surface area contributed by atoms with Crippen LogP contribution in [-0.4, -0.2) is 5.11 Å². The Morgan fingerprint density at radius 1 is 0.600 bits per heavy atom. The fourth-order valence-electron chi connectivity index (χ4n) is 2.53. The number of hydrogen-bond acceptors (Lipinski definition) is 2. The first-order valence-electron chi connectivity index (χ1n) is 8.71. The lowest BCUT2D eigenvalue weighted by molar-refractivity contribution is 0.469. The SMILES string of the molecule is CCCCCCCCCCCCCCCC/C=C/O.N. The van der Waals surface area contributed by atoms with Crippen molar-refractivity contribution < 1.29 is 5.11 Å². The minimum absolute atomic E-state index is 0. The third-order valence-electron chi connectivity index (χ3n) is 3.83. The number of rotatable bonds is 15. The zero-order valence-corrected chi connectivity index (χ0v) is 13.9. The van der Waals surface area contributed by atoms with E-state index in [0.29, 0.717) is 0 Å². The van der Waals surface area contributed by atoms with Crippen LogP contribution in [0.5, 0.6) is 0 Å². The Kier molecular flexibility index (Phi) is 22.7. The van der Waals surface area contributed by atoms with Gasteiger partial charge in [-0.25, -0.2) is 0 Å². The molecule has 0 bridgehead atoms. The Labute approximate surface area is 127 Å². The van der Waals surface area contributed by atoms with Crippen molar-refractivity contribution >= 4 is 0 Å². The molecule has 0 spiro atoms. The summed E-state index contributed by atoms with van der Waals surface area (Å²) >= 11 is 0. The smallest absolute Gasteiger partial charge is 0.0751 e. The minimum atomic E-state index is 0. The molecule has 0 saturated heterocycles. The molecule has 0 aromatic carbocycles. The molecule has 0 amide bonds. The lowest BCUT2D eigenvalue weighted by Gasteiger charge is -2.02. The molecule has 0 rings (SSSR count). The summed E-state index contributed by atoms with van der Waals surface area (Å²) in [5, 5.41) is 8.49. The zero-order chi connectivity index (χ0) is 14.0. The van der Waals surface area contributed by atoms with Crippen LogP contribution in [0.3, 0.4) is 0 Å². The van der Waals surface area contributed by atoms with Crippen LogP contribution in [-0.2, 0) is 0 Å². The molecule has 0 atom stereocenters. The Hall–Kier alpha value is -0.500. The van der Waals surface area contributed by atoms with E-state index in [1.165, 1.54) is 96.2 Å². The second kappa shape index (κ2) is 20.8. The molecule has 0 heterocycles. The van der Waals surface area contributed by atoms with E-state index in [9.17, 15) is 0 Å². The van der Waals surface area contributed by atoms with E-state index in [2.05, 4.69) is 6.92 Å². The van der Waals surface area contributed by atoms with Crippen LogP contribution in [0.15, 0.2) is 12.3 Å². The third kappa shape index (κ3) is 19.8.